The van der Waals surface area contributed by atoms with Gasteiger partial charge in [-0.2, -0.15) is 0 Å². The van der Waals surface area contributed by atoms with Gasteiger partial charge in [0.2, 0.25) is 9.84 Å². The van der Waals surface area contributed by atoms with Gasteiger partial charge in [0.05, 0.1) is 17.4 Å². The van der Waals surface area contributed by atoms with Crippen molar-refractivity contribution in [1.82, 2.24) is 0 Å². The Kier molecular flexibility index (Phi) is 3.36. The van der Waals surface area contributed by atoms with E-state index in [0.29, 0.717) is 5.75 Å². The number of ether oxygens (including phenoxy) is 1. The van der Waals surface area contributed by atoms with Gasteiger partial charge in [-0.25, -0.2) is 8.42 Å². The highest BCUT2D eigenvalue weighted by Gasteiger charge is 2.10. The second-order valence-corrected chi connectivity index (χ2v) is 4.88. The quantitative estimate of drug-likeness (QED) is 0.844. The van der Waals surface area contributed by atoms with Crippen LogP contribution in [0.15, 0.2) is 40.3 Å². The molecule has 82 valence electrons. The lowest BCUT2D eigenvalue weighted by molar-refractivity contribution is 0.414. The number of hydrogen-bond donors (Lipinski definition) is 1. The highest BCUT2D eigenvalue weighted by atomic mass is 32.2. The van der Waals surface area contributed by atoms with E-state index >= 15 is 0 Å². The molecule has 5 heteroatoms. The zero-order valence-electron chi connectivity index (χ0n) is 8.60. The summed E-state index contributed by atoms with van der Waals surface area (Å²) in [6, 6.07) is 6.14. The molecule has 0 saturated carbocycles. The molecular formula is C10H13NO3S. The van der Waals surface area contributed by atoms with E-state index in [-0.39, 0.29) is 10.6 Å². The molecule has 0 aliphatic carbocycles. The maximum absolute atomic E-state index is 11.6. The first-order valence-corrected chi connectivity index (χ1v) is 5.83. The van der Waals surface area contributed by atoms with Crippen LogP contribution in [-0.2, 0) is 9.84 Å². The Morgan fingerprint density at radius 1 is 1.33 bits per heavy atom. The molecule has 0 aliphatic rings. The molecule has 0 fully saturated rings. The van der Waals surface area contributed by atoms with Crippen LogP contribution in [0.25, 0.3) is 0 Å². The third kappa shape index (κ3) is 2.99. The lowest BCUT2D eigenvalue weighted by atomic mass is 10.3. The standard InChI is InChI=1S/C10H13NO3S/c1-8(11)7-15(12,13)10-5-3-9(14-2)4-6-10/h3-7H,11H2,1-2H3/b8-7+. The normalized spacial score (nSPS) is 12.5. The summed E-state index contributed by atoms with van der Waals surface area (Å²) in [4.78, 5) is 0.202. The zero-order chi connectivity index (χ0) is 11.5. The van der Waals surface area contributed by atoms with E-state index in [2.05, 4.69) is 0 Å². The van der Waals surface area contributed by atoms with Crippen LogP contribution < -0.4 is 10.5 Å². The van der Waals surface area contributed by atoms with Crippen LogP contribution in [0.3, 0.4) is 0 Å². The minimum absolute atomic E-state index is 0.202. The molecule has 0 amide bonds. The van der Waals surface area contributed by atoms with Gasteiger partial charge in [-0.05, 0) is 31.2 Å². The average Bonchev–Trinajstić information content (AvgIpc) is 2.16. The van der Waals surface area contributed by atoms with Crippen LogP contribution in [0.1, 0.15) is 6.92 Å². The molecule has 0 atom stereocenters. The van der Waals surface area contributed by atoms with E-state index in [9.17, 15) is 8.42 Å². The minimum Gasteiger partial charge on any atom is -0.497 e. The molecule has 15 heavy (non-hydrogen) atoms. The van der Waals surface area contributed by atoms with E-state index in [1.54, 1.807) is 12.1 Å². The molecule has 0 saturated heterocycles. The van der Waals surface area contributed by atoms with Crippen molar-refractivity contribution in [1.29, 1.82) is 0 Å². The second-order valence-electron chi connectivity index (χ2n) is 3.08. The molecule has 0 bridgehead atoms. The maximum atomic E-state index is 11.6. The summed E-state index contributed by atoms with van der Waals surface area (Å²) in [6.07, 6.45) is 0. The van der Waals surface area contributed by atoms with Gasteiger partial charge in [0.25, 0.3) is 0 Å². The Morgan fingerprint density at radius 2 is 1.87 bits per heavy atom. The molecule has 2 N–H and O–H groups in total. The van der Waals surface area contributed by atoms with Crippen LogP contribution in [0, 0.1) is 0 Å². The Hall–Kier alpha value is -1.49. The monoisotopic (exact) mass is 227 g/mol. The van der Waals surface area contributed by atoms with Crippen molar-refractivity contribution < 1.29 is 13.2 Å². The van der Waals surface area contributed by atoms with Gasteiger partial charge < -0.3 is 10.5 Å². The summed E-state index contributed by atoms with van der Waals surface area (Å²) in [5, 5.41) is 1.04. The topological polar surface area (TPSA) is 69.4 Å². The summed E-state index contributed by atoms with van der Waals surface area (Å²) >= 11 is 0. The van der Waals surface area contributed by atoms with Gasteiger partial charge in [-0.15, -0.1) is 0 Å². The molecule has 0 aromatic heterocycles. The summed E-state index contributed by atoms with van der Waals surface area (Å²) in [5.74, 6) is 0.613. The Balaban J connectivity index is 3.12. The Bertz CT molecular complexity index is 456. The highest BCUT2D eigenvalue weighted by Crippen LogP contribution is 2.17. The van der Waals surface area contributed by atoms with Gasteiger partial charge in [0.15, 0.2) is 0 Å². The third-order valence-electron chi connectivity index (χ3n) is 1.73. The fraction of sp³-hybridized carbons (Fsp3) is 0.200. The van der Waals surface area contributed by atoms with E-state index in [1.165, 1.54) is 26.2 Å². The van der Waals surface area contributed by atoms with Crippen molar-refractivity contribution in [2.45, 2.75) is 11.8 Å². The predicted octanol–water partition coefficient (Wildman–Crippen LogP) is 1.29. The number of sulfone groups is 1. The number of nitrogens with two attached hydrogens (primary N) is 1. The summed E-state index contributed by atoms with van der Waals surface area (Å²) in [6.45, 7) is 1.53. The molecule has 1 rings (SSSR count). The summed E-state index contributed by atoms with van der Waals surface area (Å²) < 4.78 is 28.2. The van der Waals surface area contributed by atoms with Crippen molar-refractivity contribution in [2.24, 2.45) is 5.73 Å². The van der Waals surface area contributed by atoms with E-state index < -0.39 is 9.84 Å². The smallest absolute Gasteiger partial charge is 0.201 e. The van der Waals surface area contributed by atoms with Crippen molar-refractivity contribution in [2.75, 3.05) is 7.11 Å². The van der Waals surface area contributed by atoms with Crippen LogP contribution in [0.2, 0.25) is 0 Å². The van der Waals surface area contributed by atoms with Gasteiger partial charge in [0.1, 0.15) is 5.75 Å². The number of allylic oxidation sites excluding steroid dienone is 1. The fourth-order valence-corrected chi connectivity index (χ4v) is 2.22. The van der Waals surface area contributed by atoms with Gasteiger partial charge in [0, 0.05) is 5.70 Å². The predicted molar refractivity (Wildman–Crippen MR) is 58.1 cm³/mol. The van der Waals surface area contributed by atoms with Gasteiger partial charge in [-0.1, -0.05) is 0 Å². The molecule has 0 aliphatic heterocycles. The molecule has 4 nitrogen and oxygen atoms in total. The first kappa shape index (κ1) is 11.6. The lowest BCUT2D eigenvalue weighted by Crippen LogP contribution is -2.01. The highest BCUT2D eigenvalue weighted by molar-refractivity contribution is 7.94. The summed E-state index contributed by atoms with van der Waals surface area (Å²) in [7, 11) is -1.91. The summed E-state index contributed by atoms with van der Waals surface area (Å²) in [5.41, 5.74) is 5.58. The molecule has 0 heterocycles. The fourth-order valence-electron chi connectivity index (χ4n) is 1.08. The van der Waals surface area contributed by atoms with E-state index in [0.717, 1.165) is 5.41 Å². The number of methoxy groups -OCH3 is 1. The van der Waals surface area contributed by atoms with Crippen molar-refractivity contribution in [3.05, 3.63) is 35.4 Å². The van der Waals surface area contributed by atoms with Crippen molar-refractivity contribution in [3.8, 4) is 5.75 Å². The van der Waals surface area contributed by atoms with E-state index in [4.69, 9.17) is 10.5 Å². The second kappa shape index (κ2) is 4.35. The minimum atomic E-state index is -3.43. The first-order valence-electron chi connectivity index (χ1n) is 4.28. The SMILES string of the molecule is COc1ccc(S(=O)(=O)/C=C(\C)N)cc1. The molecule has 0 radical (unpaired) electrons. The zero-order valence-corrected chi connectivity index (χ0v) is 9.41. The number of rotatable bonds is 3. The Labute approximate surface area is 89.3 Å². The first-order chi connectivity index (χ1) is 6.95. The number of hydrogen-bond acceptors (Lipinski definition) is 4. The largest absolute Gasteiger partial charge is 0.497 e. The molecule has 1 aromatic carbocycles. The Morgan fingerprint density at radius 3 is 2.27 bits per heavy atom. The lowest BCUT2D eigenvalue weighted by Gasteiger charge is -2.02. The van der Waals surface area contributed by atoms with Gasteiger partial charge >= 0.3 is 0 Å². The average molecular weight is 227 g/mol. The molecule has 0 spiro atoms. The maximum Gasteiger partial charge on any atom is 0.201 e. The van der Waals surface area contributed by atoms with Crippen molar-refractivity contribution >= 4 is 9.84 Å². The molecular weight excluding hydrogens is 214 g/mol. The van der Waals surface area contributed by atoms with Crippen LogP contribution in [0.5, 0.6) is 5.75 Å². The van der Waals surface area contributed by atoms with Gasteiger partial charge in [-0.3, -0.25) is 0 Å². The number of benzene rings is 1. The molecule has 0 unspecified atom stereocenters. The van der Waals surface area contributed by atoms with Crippen LogP contribution in [-0.4, -0.2) is 15.5 Å². The third-order valence-corrected chi connectivity index (χ3v) is 3.34. The van der Waals surface area contributed by atoms with Crippen LogP contribution >= 0.6 is 0 Å². The van der Waals surface area contributed by atoms with E-state index in [1.807, 2.05) is 0 Å². The van der Waals surface area contributed by atoms with Crippen LogP contribution in [0.4, 0.5) is 0 Å². The molecule has 1 aromatic rings. The van der Waals surface area contributed by atoms with Crippen molar-refractivity contribution in [3.63, 3.8) is 0 Å².